The van der Waals surface area contributed by atoms with Crippen molar-refractivity contribution in [3.8, 4) is 0 Å². The Kier molecular flexibility index (Phi) is 5.10. The maximum absolute atomic E-state index is 11.9. The highest BCUT2D eigenvalue weighted by molar-refractivity contribution is 6.21. The maximum Gasteiger partial charge on any atom is 0.220 e. The van der Waals surface area contributed by atoms with Gasteiger partial charge in [-0.1, -0.05) is 19.3 Å². The Bertz CT molecular complexity index is 232. The van der Waals surface area contributed by atoms with Gasteiger partial charge in [0.15, 0.2) is 0 Å². The normalized spacial score (nSPS) is 20.5. The molecule has 16 heavy (non-hydrogen) atoms. The van der Waals surface area contributed by atoms with E-state index < -0.39 is 0 Å². The van der Waals surface area contributed by atoms with E-state index in [1.54, 1.807) is 0 Å². The smallest absolute Gasteiger partial charge is 0.220 e. The molecule has 94 valence electrons. The average Bonchev–Trinajstić information content (AvgIpc) is 2.17. The molecule has 0 spiro atoms. The van der Waals surface area contributed by atoms with Gasteiger partial charge in [-0.15, -0.1) is 11.6 Å². The van der Waals surface area contributed by atoms with E-state index in [9.17, 15) is 4.79 Å². The summed E-state index contributed by atoms with van der Waals surface area (Å²) in [5, 5.41) is 2.98. The van der Waals surface area contributed by atoms with Crippen molar-refractivity contribution >= 4 is 17.5 Å². The largest absolute Gasteiger partial charge is 0.350 e. The molecule has 0 aromatic carbocycles. The third-order valence-electron chi connectivity index (χ3n) is 3.65. The predicted molar refractivity (Wildman–Crippen MR) is 68.7 cm³/mol. The molecular weight excluding hydrogens is 222 g/mol. The molecule has 3 heteroatoms. The quantitative estimate of drug-likeness (QED) is 0.755. The molecule has 1 rings (SSSR count). The van der Waals surface area contributed by atoms with Crippen molar-refractivity contribution < 1.29 is 4.79 Å². The lowest BCUT2D eigenvalue weighted by molar-refractivity contribution is -0.123. The van der Waals surface area contributed by atoms with E-state index in [-0.39, 0.29) is 16.8 Å². The number of halogens is 1. The first-order valence-electron chi connectivity index (χ1n) is 6.37. The van der Waals surface area contributed by atoms with Crippen molar-refractivity contribution in [1.82, 2.24) is 5.32 Å². The van der Waals surface area contributed by atoms with Crippen molar-refractivity contribution in [2.75, 3.05) is 0 Å². The van der Waals surface area contributed by atoms with Crippen LogP contribution in [-0.4, -0.2) is 16.8 Å². The fraction of sp³-hybridized carbons (Fsp3) is 0.923. The fourth-order valence-corrected chi connectivity index (χ4v) is 2.22. The molecule has 1 saturated carbocycles. The summed E-state index contributed by atoms with van der Waals surface area (Å²) in [4.78, 5) is 11.9. The van der Waals surface area contributed by atoms with E-state index >= 15 is 0 Å². The highest BCUT2D eigenvalue weighted by atomic mass is 35.5. The number of carbonyl (C=O) groups excluding carboxylic acids is 1. The van der Waals surface area contributed by atoms with E-state index in [0.29, 0.717) is 12.3 Å². The van der Waals surface area contributed by atoms with Crippen molar-refractivity contribution in [2.24, 2.45) is 5.92 Å². The van der Waals surface area contributed by atoms with Gasteiger partial charge in [0.05, 0.1) is 10.9 Å². The Morgan fingerprint density at radius 3 is 2.44 bits per heavy atom. The molecule has 1 amide bonds. The van der Waals surface area contributed by atoms with Crippen LogP contribution in [0.25, 0.3) is 0 Å². The molecule has 1 fully saturated rings. The zero-order chi connectivity index (χ0) is 12.2. The summed E-state index contributed by atoms with van der Waals surface area (Å²) < 4.78 is 0. The van der Waals surface area contributed by atoms with Crippen LogP contribution < -0.4 is 5.32 Å². The highest BCUT2D eigenvalue weighted by Crippen LogP contribution is 2.26. The van der Waals surface area contributed by atoms with Crippen LogP contribution in [0.4, 0.5) is 0 Å². The van der Waals surface area contributed by atoms with Crippen molar-refractivity contribution in [2.45, 2.75) is 70.2 Å². The zero-order valence-electron chi connectivity index (χ0n) is 10.7. The van der Waals surface area contributed by atoms with Crippen LogP contribution in [-0.2, 0) is 4.79 Å². The van der Waals surface area contributed by atoms with Crippen molar-refractivity contribution in [1.29, 1.82) is 0 Å². The van der Waals surface area contributed by atoms with E-state index in [1.807, 2.05) is 20.8 Å². The van der Waals surface area contributed by atoms with Gasteiger partial charge in [-0.2, -0.15) is 0 Å². The van der Waals surface area contributed by atoms with Gasteiger partial charge in [0.25, 0.3) is 0 Å². The van der Waals surface area contributed by atoms with Crippen LogP contribution in [0.15, 0.2) is 0 Å². The lowest BCUT2D eigenvalue weighted by Gasteiger charge is -2.30. The minimum Gasteiger partial charge on any atom is -0.350 e. The van der Waals surface area contributed by atoms with Gasteiger partial charge < -0.3 is 5.32 Å². The third kappa shape index (κ3) is 4.32. The second kappa shape index (κ2) is 5.90. The summed E-state index contributed by atoms with van der Waals surface area (Å²) in [5.74, 6) is 0.750. The third-order valence-corrected chi connectivity index (χ3v) is 4.20. The Hall–Kier alpha value is -0.240. The lowest BCUT2D eigenvalue weighted by atomic mass is 9.86. The summed E-state index contributed by atoms with van der Waals surface area (Å²) in [6.45, 7) is 5.87. The molecule has 0 heterocycles. The van der Waals surface area contributed by atoms with Crippen LogP contribution >= 0.6 is 11.6 Å². The molecule has 0 radical (unpaired) electrons. The number of rotatable bonds is 4. The minimum atomic E-state index is -0.312. The monoisotopic (exact) mass is 245 g/mol. The number of nitrogens with one attached hydrogen (secondary N) is 1. The molecule has 0 saturated heterocycles. The minimum absolute atomic E-state index is 0.0530. The van der Waals surface area contributed by atoms with Crippen LogP contribution in [0.5, 0.6) is 0 Å². The second-order valence-corrected chi connectivity index (χ2v) is 6.25. The summed E-state index contributed by atoms with van der Waals surface area (Å²) in [6, 6.07) is 0. The van der Waals surface area contributed by atoms with Gasteiger partial charge in [-0.25, -0.2) is 0 Å². The molecule has 2 nitrogen and oxygen atoms in total. The van der Waals surface area contributed by atoms with E-state index in [2.05, 4.69) is 5.32 Å². The number of alkyl halides is 1. The molecule has 1 aliphatic rings. The Morgan fingerprint density at radius 2 is 1.94 bits per heavy atom. The Balaban J connectivity index is 2.34. The first kappa shape index (κ1) is 13.8. The summed E-state index contributed by atoms with van der Waals surface area (Å²) in [5.41, 5.74) is -0.312. The van der Waals surface area contributed by atoms with E-state index in [1.165, 1.54) is 32.1 Å². The molecule has 0 aromatic heterocycles. The fourth-order valence-electron chi connectivity index (χ4n) is 2.16. The molecule has 0 aliphatic heterocycles. The standard InChI is InChI=1S/C13H24ClNO/c1-10(14)13(2,3)15-12(16)9-11-7-5-4-6-8-11/h10-11H,4-9H2,1-3H3,(H,15,16). The Labute approximate surface area is 104 Å². The van der Waals surface area contributed by atoms with Crippen LogP contribution in [0.2, 0.25) is 0 Å². The first-order valence-corrected chi connectivity index (χ1v) is 6.80. The lowest BCUT2D eigenvalue weighted by Crippen LogP contribution is -2.49. The summed E-state index contributed by atoms with van der Waals surface area (Å²) in [6.07, 6.45) is 7.00. The molecular formula is C13H24ClNO. The molecule has 1 aliphatic carbocycles. The maximum atomic E-state index is 11.9. The van der Waals surface area contributed by atoms with Gasteiger partial charge in [-0.3, -0.25) is 4.79 Å². The topological polar surface area (TPSA) is 29.1 Å². The van der Waals surface area contributed by atoms with Gasteiger partial charge in [-0.05, 0) is 39.5 Å². The van der Waals surface area contributed by atoms with Crippen LogP contribution in [0, 0.1) is 5.92 Å². The van der Waals surface area contributed by atoms with E-state index in [0.717, 1.165) is 0 Å². The van der Waals surface area contributed by atoms with Gasteiger partial charge in [0.2, 0.25) is 5.91 Å². The molecule has 0 bridgehead atoms. The second-order valence-electron chi connectivity index (χ2n) is 5.59. The highest BCUT2D eigenvalue weighted by Gasteiger charge is 2.27. The van der Waals surface area contributed by atoms with Crippen molar-refractivity contribution in [3.63, 3.8) is 0 Å². The van der Waals surface area contributed by atoms with Gasteiger partial charge in [0, 0.05) is 6.42 Å². The molecule has 1 N–H and O–H groups in total. The SMILES string of the molecule is CC(Cl)C(C)(C)NC(=O)CC1CCCCC1. The number of hydrogen-bond acceptors (Lipinski definition) is 1. The first-order chi connectivity index (χ1) is 7.42. The predicted octanol–water partition coefficient (Wildman–Crippen LogP) is 3.48. The summed E-state index contributed by atoms with van der Waals surface area (Å²) in [7, 11) is 0. The molecule has 0 aromatic rings. The van der Waals surface area contributed by atoms with E-state index in [4.69, 9.17) is 11.6 Å². The molecule has 1 atom stereocenters. The average molecular weight is 246 g/mol. The number of carbonyl (C=O) groups is 1. The Morgan fingerprint density at radius 1 is 1.38 bits per heavy atom. The molecule has 1 unspecified atom stereocenters. The zero-order valence-corrected chi connectivity index (χ0v) is 11.4. The van der Waals surface area contributed by atoms with Crippen LogP contribution in [0.1, 0.15) is 59.3 Å². The van der Waals surface area contributed by atoms with Gasteiger partial charge >= 0.3 is 0 Å². The number of amides is 1. The van der Waals surface area contributed by atoms with Crippen molar-refractivity contribution in [3.05, 3.63) is 0 Å². The van der Waals surface area contributed by atoms with Gasteiger partial charge in [0.1, 0.15) is 0 Å². The summed E-state index contributed by atoms with van der Waals surface area (Å²) >= 11 is 6.04. The van der Waals surface area contributed by atoms with Crippen LogP contribution in [0.3, 0.4) is 0 Å². The number of hydrogen-bond donors (Lipinski definition) is 1.